The van der Waals surface area contributed by atoms with Gasteiger partial charge in [0.15, 0.2) is 11.5 Å². The molecule has 2 aromatic carbocycles. The molecule has 0 saturated heterocycles. The van der Waals surface area contributed by atoms with Crippen molar-refractivity contribution in [2.75, 3.05) is 34.4 Å². The molecule has 2 aromatic rings. The Morgan fingerprint density at radius 1 is 1.00 bits per heavy atom. The topological polar surface area (TPSA) is 60.0 Å². The van der Waals surface area contributed by atoms with Crippen LogP contribution in [0.4, 0.5) is 0 Å². The van der Waals surface area contributed by atoms with Crippen molar-refractivity contribution in [2.24, 2.45) is 5.92 Å². The average Bonchev–Trinajstić information content (AvgIpc) is 2.74. The Morgan fingerprint density at radius 3 is 2.20 bits per heavy atom. The van der Waals surface area contributed by atoms with E-state index in [1.165, 1.54) is 24.8 Å². The van der Waals surface area contributed by atoms with E-state index in [4.69, 9.17) is 14.2 Å². The third-order valence-electron chi connectivity index (χ3n) is 5.57. The number of rotatable bonds is 11. The summed E-state index contributed by atoms with van der Waals surface area (Å²) in [5.74, 6) is 2.42. The first kappa shape index (κ1) is 22.0. The summed E-state index contributed by atoms with van der Waals surface area (Å²) in [5, 5.41) is 3.03. The highest BCUT2D eigenvalue weighted by Gasteiger charge is 2.22. The Bertz CT molecular complexity index is 796. The van der Waals surface area contributed by atoms with E-state index in [0.717, 1.165) is 18.7 Å². The minimum Gasteiger partial charge on any atom is -0.493 e. The minimum absolute atomic E-state index is 0.0130. The molecule has 0 spiro atoms. The number of ether oxygens (including phenoxy) is 3. The number of hydrogen-bond donors (Lipinski definition) is 1. The zero-order valence-electron chi connectivity index (χ0n) is 18.1. The first-order chi connectivity index (χ1) is 14.6. The van der Waals surface area contributed by atoms with Crippen LogP contribution in [0, 0.1) is 5.92 Å². The van der Waals surface area contributed by atoms with Gasteiger partial charge >= 0.3 is 0 Å². The fourth-order valence-electron chi connectivity index (χ4n) is 3.76. The number of benzene rings is 2. The molecule has 0 atom stereocenters. The van der Waals surface area contributed by atoms with Crippen LogP contribution in [0.1, 0.15) is 30.4 Å². The van der Waals surface area contributed by atoms with Gasteiger partial charge in [-0.3, -0.25) is 9.69 Å². The molecule has 1 amide bonds. The summed E-state index contributed by atoms with van der Waals surface area (Å²) in [7, 11) is 4.74. The lowest BCUT2D eigenvalue weighted by Crippen LogP contribution is -2.40. The lowest BCUT2D eigenvalue weighted by molar-refractivity contribution is -0.122. The van der Waals surface area contributed by atoms with Crippen molar-refractivity contribution < 1.29 is 19.0 Å². The summed E-state index contributed by atoms with van der Waals surface area (Å²) in [6.45, 7) is 2.54. The number of carbonyl (C=O) groups excluding carboxylic acids is 1. The summed E-state index contributed by atoms with van der Waals surface area (Å²) in [4.78, 5) is 15.0. The van der Waals surface area contributed by atoms with E-state index in [1.54, 1.807) is 21.3 Å². The summed E-state index contributed by atoms with van der Waals surface area (Å²) in [6, 6.07) is 14.0. The predicted octanol–water partition coefficient (Wildman–Crippen LogP) is 3.63. The number of methoxy groups -OCH3 is 3. The molecule has 1 fully saturated rings. The Hall–Kier alpha value is -2.73. The van der Waals surface area contributed by atoms with E-state index in [-0.39, 0.29) is 5.91 Å². The van der Waals surface area contributed by atoms with Gasteiger partial charge in [-0.05, 0) is 42.0 Å². The standard InChI is InChI=1S/C24H32N2O4/c1-28-21-12-20(13-22(29-2)24(21)30-3)14-25-23(27)17-26(16-19-10-7-11-19)15-18-8-5-4-6-9-18/h4-6,8-9,12-13,19H,7,10-11,14-17H2,1-3H3,(H,25,27). The van der Waals surface area contributed by atoms with E-state index in [1.807, 2.05) is 30.3 Å². The van der Waals surface area contributed by atoms with Crippen molar-refractivity contribution in [2.45, 2.75) is 32.4 Å². The zero-order chi connectivity index (χ0) is 21.3. The molecular formula is C24H32N2O4. The van der Waals surface area contributed by atoms with Crippen molar-refractivity contribution in [1.29, 1.82) is 0 Å². The third kappa shape index (κ3) is 5.89. The highest BCUT2D eigenvalue weighted by Crippen LogP contribution is 2.38. The van der Waals surface area contributed by atoms with E-state index >= 15 is 0 Å². The van der Waals surface area contributed by atoms with Gasteiger partial charge in [0.2, 0.25) is 11.7 Å². The molecule has 0 aromatic heterocycles. The van der Waals surface area contributed by atoms with Crippen LogP contribution in [0.2, 0.25) is 0 Å². The Balaban J connectivity index is 1.60. The smallest absolute Gasteiger partial charge is 0.234 e. The van der Waals surface area contributed by atoms with Crippen LogP contribution < -0.4 is 19.5 Å². The fraction of sp³-hybridized carbons (Fsp3) is 0.458. The van der Waals surface area contributed by atoms with Crippen molar-refractivity contribution in [3.05, 3.63) is 53.6 Å². The Kier molecular flexibility index (Phi) is 7.97. The maximum atomic E-state index is 12.7. The Labute approximate surface area is 179 Å². The molecule has 3 rings (SSSR count). The monoisotopic (exact) mass is 412 g/mol. The lowest BCUT2D eigenvalue weighted by Gasteiger charge is -2.32. The van der Waals surface area contributed by atoms with Crippen LogP contribution in [0.25, 0.3) is 0 Å². The largest absolute Gasteiger partial charge is 0.493 e. The van der Waals surface area contributed by atoms with Gasteiger partial charge in [-0.15, -0.1) is 0 Å². The van der Waals surface area contributed by atoms with E-state index in [0.29, 0.717) is 36.3 Å². The van der Waals surface area contributed by atoms with E-state index < -0.39 is 0 Å². The Morgan fingerprint density at radius 2 is 1.67 bits per heavy atom. The number of nitrogens with zero attached hydrogens (tertiary/aromatic N) is 1. The van der Waals surface area contributed by atoms with Crippen LogP contribution in [0.3, 0.4) is 0 Å². The quantitative estimate of drug-likeness (QED) is 0.611. The highest BCUT2D eigenvalue weighted by atomic mass is 16.5. The highest BCUT2D eigenvalue weighted by molar-refractivity contribution is 5.78. The molecule has 0 aliphatic heterocycles. The van der Waals surface area contributed by atoms with Crippen LogP contribution in [-0.4, -0.2) is 45.2 Å². The van der Waals surface area contributed by atoms with Crippen molar-refractivity contribution in [3.8, 4) is 17.2 Å². The van der Waals surface area contributed by atoms with Gasteiger partial charge in [-0.1, -0.05) is 36.8 Å². The van der Waals surface area contributed by atoms with Crippen molar-refractivity contribution >= 4 is 5.91 Å². The maximum absolute atomic E-state index is 12.7. The predicted molar refractivity (Wildman–Crippen MR) is 117 cm³/mol. The number of carbonyl (C=O) groups is 1. The van der Waals surface area contributed by atoms with Crippen molar-refractivity contribution in [1.82, 2.24) is 10.2 Å². The molecule has 1 aliphatic carbocycles. The summed E-state index contributed by atoms with van der Waals surface area (Å²) < 4.78 is 16.1. The molecule has 1 saturated carbocycles. The van der Waals surface area contributed by atoms with Crippen LogP contribution >= 0.6 is 0 Å². The number of amides is 1. The van der Waals surface area contributed by atoms with Gasteiger partial charge in [-0.25, -0.2) is 0 Å². The SMILES string of the molecule is COc1cc(CNC(=O)CN(Cc2ccccc2)CC2CCC2)cc(OC)c1OC. The summed E-state index contributed by atoms with van der Waals surface area (Å²) >= 11 is 0. The van der Waals surface area contributed by atoms with Gasteiger partial charge in [-0.2, -0.15) is 0 Å². The fourth-order valence-corrected chi connectivity index (χ4v) is 3.76. The number of nitrogens with one attached hydrogen (secondary N) is 1. The van der Waals surface area contributed by atoms with Gasteiger partial charge in [0.1, 0.15) is 0 Å². The molecule has 0 unspecified atom stereocenters. The van der Waals surface area contributed by atoms with Gasteiger partial charge in [0.05, 0.1) is 27.9 Å². The second-order valence-corrected chi connectivity index (χ2v) is 7.76. The second-order valence-electron chi connectivity index (χ2n) is 7.76. The maximum Gasteiger partial charge on any atom is 0.234 e. The molecule has 0 heterocycles. The van der Waals surface area contributed by atoms with Crippen molar-refractivity contribution in [3.63, 3.8) is 0 Å². The molecule has 1 N–H and O–H groups in total. The lowest BCUT2D eigenvalue weighted by atomic mass is 9.85. The first-order valence-corrected chi connectivity index (χ1v) is 10.4. The van der Waals surface area contributed by atoms with Crippen LogP contribution in [0.5, 0.6) is 17.2 Å². The minimum atomic E-state index is 0.0130. The second kappa shape index (κ2) is 10.9. The summed E-state index contributed by atoms with van der Waals surface area (Å²) in [6.07, 6.45) is 3.83. The van der Waals surface area contributed by atoms with Crippen LogP contribution in [0.15, 0.2) is 42.5 Å². The van der Waals surface area contributed by atoms with Gasteiger partial charge in [0, 0.05) is 19.6 Å². The van der Waals surface area contributed by atoms with Crippen LogP contribution in [-0.2, 0) is 17.9 Å². The third-order valence-corrected chi connectivity index (χ3v) is 5.57. The summed E-state index contributed by atoms with van der Waals surface area (Å²) in [5.41, 5.74) is 2.13. The molecule has 6 heteroatoms. The molecule has 30 heavy (non-hydrogen) atoms. The van der Waals surface area contributed by atoms with E-state index in [9.17, 15) is 4.79 Å². The zero-order valence-corrected chi connectivity index (χ0v) is 18.1. The number of hydrogen-bond acceptors (Lipinski definition) is 5. The van der Waals surface area contributed by atoms with E-state index in [2.05, 4.69) is 22.3 Å². The molecule has 1 aliphatic rings. The molecule has 162 valence electrons. The van der Waals surface area contributed by atoms with Gasteiger partial charge in [0.25, 0.3) is 0 Å². The molecular weight excluding hydrogens is 380 g/mol. The molecule has 0 bridgehead atoms. The van der Waals surface area contributed by atoms with Gasteiger partial charge < -0.3 is 19.5 Å². The molecule has 6 nitrogen and oxygen atoms in total. The average molecular weight is 413 g/mol. The normalized spacial score (nSPS) is 13.6. The first-order valence-electron chi connectivity index (χ1n) is 10.4. The molecule has 0 radical (unpaired) electrons.